The van der Waals surface area contributed by atoms with Crippen LogP contribution >= 0.6 is 0 Å². The van der Waals surface area contributed by atoms with Gasteiger partial charge in [0.1, 0.15) is 0 Å². The number of hydrogen-bond acceptors (Lipinski definition) is 2. The van der Waals surface area contributed by atoms with Gasteiger partial charge in [0.25, 0.3) is 0 Å². The number of guanidine groups is 1. The maximum absolute atomic E-state index is 12.0. The van der Waals surface area contributed by atoms with E-state index in [9.17, 15) is 4.79 Å². The van der Waals surface area contributed by atoms with Crippen molar-refractivity contribution in [2.45, 2.75) is 32.7 Å². The first-order valence-corrected chi connectivity index (χ1v) is 8.63. The summed E-state index contributed by atoms with van der Waals surface area (Å²) in [4.78, 5) is 16.4. The number of carbonyl (C=O) groups is 1. The highest BCUT2D eigenvalue weighted by Crippen LogP contribution is 2.27. The van der Waals surface area contributed by atoms with Crippen LogP contribution in [-0.2, 0) is 11.3 Å². The average molecular weight is 336 g/mol. The molecule has 0 saturated heterocycles. The molecule has 5 heteroatoms. The van der Waals surface area contributed by atoms with Gasteiger partial charge in [-0.25, -0.2) is 4.99 Å². The van der Waals surface area contributed by atoms with Crippen LogP contribution in [0.5, 0.6) is 0 Å². The first-order chi connectivity index (χ1) is 12.1. The third-order valence-corrected chi connectivity index (χ3v) is 4.43. The summed E-state index contributed by atoms with van der Waals surface area (Å²) in [6, 6.07) is 15.7. The molecule has 0 radical (unpaired) electrons. The molecule has 1 fully saturated rings. The molecule has 5 nitrogen and oxygen atoms in total. The van der Waals surface area contributed by atoms with Crippen molar-refractivity contribution in [2.24, 2.45) is 16.6 Å². The zero-order chi connectivity index (χ0) is 17.6. The number of anilines is 2. The highest BCUT2D eigenvalue weighted by Gasteiger charge is 2.25. The Morgan fingerprint density at radius 3 is 2.56 bits per heavy atom. The molecule has 0 spiro atoms. The number of aryl methyl sites for hydroxylation is 1. The summed E-state index contributed by atoms with van der Waals surface area (Å²) in [6.07, 6.45) is 3.15. The second-order valence-electron chi connectivity index (χ2n) is 6.51. The van der Waals surface area contributed by atoms with Crippen molar-refractivity contribution in [3.63, 3.8) is 0 Å². The van der Waals surface area contributed by atoms with Crippen LogP contribution in [0.15, 0.2) is 53.5 Å². The molecular weight excluding hydrogens is 312 g/mol. The highest BCUT2D eigenvalue weighted by molar-refractivity contribution is 5.93. The summed E-state index contributed by atoms with van der Waals surface area (Å²) < 4.78 is 0. The van der Waals surface area contributed by atoms with E-state index >= 15 is 0 Å². The molecule has 1 amide bonds. The Hall–Kier alpha value is -2.82. The van der Waals surface area contributed by atoms with E-state index in [0.717, 1.165) is 36.2 Å². The number of nitrogens with two attached hydrogens (primary N) is 1. The monoisotopic (exact) mass is 336 g/mol. The molecule has 2 aromatic rings. The molecule has 3 rings (SSSR count). The van der Waals surface area contributed by atoms with Crippen molar-refractivity contribution in [2.75, 3.05) is 10.6 Å². The van der Waals surface area contributed by atoms with Gasteiger partial charge in [0.2, 0.25) is 5.91 Å². The van der Waals surface area contributed by atoms with Gasteiger partial charge in [-0.3, -0.25) is 4.79 Å². The summed E-state index contributed by atoms with van der Waals surface area (Å²) in [5.41, 5.74) is 9.87. The Labute approximate surface area is 148 Å². The molecule has 0 heterocycles. The number of nitrogens with one attached hydrogen (secondary N) is 2. The molecule has 1 aliphatic carbocycles. The fraction of sp³-hybridized carbons (Fsp3) is 0.300. The Morgan fingerprint density at radius 2 is 1.88 bits per heavy atom. The van der Waals surface area contributed by atoms with Crippen molar-refractivity contribution in [1.82, 2.24) is 0 Å². The number of nitrogens with zero attached hydrogens (tertiary/aromatic N) is 1. The van der Waals surface area contributed by atoms with E-state index in [4.69, 9.17) is 5.73 Å². The predicted octanol–water partition coefficient (Wildman–Crippen LogP) is 3.66. The summed E-state index contributed by atoms with van der Waals surface area (Å²) in [6.45, 7) is 2.50. The Bertz CT molecular complexity index is 764. The van der Waals surface area contributed by atoms with Gasteiger partial charge < -0.3 is 16.4 Å². The van der Waals surface area contributed by atoms with E-state index in [-0.39, 0.29) is 11.8 Å². The lowest BCUT2D eigenvalue weighted by Gasteiger charge is -2.24. The van der Waals surface area contributed by atoms with Crippen molar-refractivity contribution >= 4 is 23.2 Å². The number of carbonyl (C=O) groups excluding carboxylic acids is 1. The normalized spacial score (nSPS) is 14.7. The van der Waals surface area contributed by atoms with Gasteiger partial charge in [0, 0.05) is 17.3 Å². The van der Waals surface area contributed by atoms with Gasteiger partial charge in [0.15, 0.2) is 5.96 Å². The molecule has 2 aromatic carbocycles. The largest absolute Gasteiger partial charge is 0.370 e. The average Bonchev–Trinajstić information content (AvgIpc) is 2.54. The zero-order valence-corrected chi connectivity index (χ0v) is 14.5. The van der Waals surface area contributed by atoms with Gasteiger partial charge in [-0.2, -0.15) is 0 Å². The van der Waals surface area contributed by atoms with E-state index in [1.165, 1.54) is 5.56 Å². The quantitative estimate of drug-likeness (QED) is 0.576. The van der Waals surface area contributed by atoms with Gasteiger partial charge in [0.05, 0.1) is 6.54 Å². The number of rotatable bonds is 5. The first kappa shape index (κ1) is 17.0. The topological polar surface area (TPSA) is 79.5 Å². The molecule has 130 valence electrons. The molecule has 1 aliphatic rings. The van der Waals surface area contributed by atoms with Gasteiger partial charge >= 0.3 is 0 Å². The predicted molar refractivity (Wildman–Crippen MR) is 103 cm³/mol. The van der Waals surface area contributed by atoms with Crippen molar-refractivity contribution in [3.8, 4) is 0 Å². The van der Waals surface area contributed by atoms with Crippen molar-refractivity contribution in [1.29, 1.82) is 0 Å². The van der Waals surface area contributed by atoms with E-state index in [2.05, 4.69) is 15.6 Å². The van der Waals surface area contributed by atoms with E-state index in [1.807, 2.05) is 55.5 Å². The Balaban J connectivity index is 1.57. The molecule has 25 heavy (non-hydrogen) atoms. The van der Waals surface area contributed by atoms with Gasteiger partial charge in [-0.1, -0.05) is 36.2 Å². The minimum atomic E-state index is 0.118. The maximum atomic E-state index is 12.0. The smallest absolute Gasteiger partial charge is 0.227 e. The summed E-state index contributed by atoms with van der Waals surface area (Å²) in [5, 5.41) is 6.06. The number of aliphatic imine (C=N–C) groups is 1. The van der Waals surface area contributed by atoms with Gasteiger partial charge in [-0.05, 0) is 49.6 Å². The van der Waals surface area contributed by atoms with Crippen molar-refractivity contribution < 1.29 is 4.79 Å². The van der Waals surface area contributed by atoms with Gasteiger partial charge in [-0.15, -0.1) is 0 Å². The third-order valence-electron chi connectivity index (χ3n) is 4.43. The van der Waals surface area contributed by atoms with E-state index in [0.29, 0.717) is 12.5 Å². The van der Waals surface area contributed by atoms with E-state index in [1.54, 1.807) is 0 Å². The summed E-state index contributed by atoms with van der Waals surface area (Å²) in [7, 11) is 0. The zero-order valence-electron chi connectivity index (χ0n) is 14.5. The van der Waals surface area contributed by atoms with Crippen molar-refractivity contribution in [3.05, 3.63) is 59.7 Å². The van der Waals surface area contributed by atoms with Crippen LogP contribution in [0, 0.1) is 12.8 Å². The van der Waals surface area contributed by atoms with Crippen LogP contribution in [0.3, 0.4) is 0 Å². The second kappa shape index (κ2) is 7.83. The second-order valence-corrected chi connectivity index (χ2v) is 6.51. The molecule has 0 unspecified atom stereocenters. The molecule has 4 N–H and O–H groups in total. The third kappa shape index (κ3) is 4.83. The minimum absolute atomic E-state index is 0.118. The number of hydrogen-bond donors (Lipinski definition) is 3. The van der Waals surface area contributed by atoms with E-state index < -0.39 is 0 Å². The standard InChI is InChI=1S/C20H24N4O/c1-14-8-10-17(11-9-14)24-20(21)22-13-15-4-2-7-18(12-15)23-19(25)16-5-3-6-16/h2,4,7-12,16H,3,5-6,13H2,1H3,(H,23,25)(H3,21,22,24). The Morgan fingerprint density at radius 1 is 1.12 bits per heavy atom. The lowest BCUT2D eigenvalue weighted by atomic mass is 9.85. The lowest BCUT2D eigenvalue weighted by Crippen LogP contribution is -2.28. The molecule has 0 aliphatic heterocycles. The van der Waals surface area contributed by atoms with Crippen LogP contribution in [-0.4, -0.2) is 11.9 Å². The number of benzene rings is 2. The van der Waals surface area contributed by atoms with Crippen LogP contribution in [0.4, 0.5) is 11.4 Å². The van der Waals surface area contributed by atoms with Crippen LogP contribution in [0.2, 0.25) is 0 Å². The van der Waals surface area contributed by atoms with Crippen LogP contribution in [0.25, 0.3) is 0 Å². The molecular formula is C20H24N4O. The maximum Gasteiger partial charge on any atom is 0.227 e. The minimum Gasteiger partial charge on any atom is -0.370 e. The van der Waals surface area contributed by atoms with Crippen LogP contribution < -0.4 is 16.4 Å². The molecule has 0 aromatic heterocycles. The lowest BCUT2D eigenvalue weighted by molar-refractivity contribution is -0.122. The fourth-order valence-electron chi connectivity index (χ4n) is 2.66. The highest BCUT2D eigenvalue weighted by atomic mass is 16.1. The first-order valence-electron chi connectivity index (χ1n) is 8.63. The summed E-state index contributed by atoms with van der Waals surface area (Å²) in [5.74, 6) is 0.663. The summed E-state index contributed by atoms with van der Waals surface area (Å²) >= 11 is 0. The Kier molecular flexibility index (Phi) is 5.33. The fourth-order valence-corrected chi connectivity index (χ4v) is 2.66. The SMILES string of the molecule is Cc1ccc(NC(N)=NCc2cccc(NC(=O)C3CCC3)c2)cc1. The van der Waals surface area contributed by atoms with Crippen LogP contribution in [0.1, 0.15) is 30.4 Å². The molecule has 1 saturated carbocycles. The molecule has 0 bridgehead atoms. The number of amides is 1. The molecule has 0 atom stereocenters.